The Labute approximate surface area is 218 Å². The third-order valence-corrected chi connectivity index (χ3v) is 6.07. The lowest BCUT2D eigenvalue weighted by Gasteiger charge is -2.33. The highest BCUT2D eigenvalue weighted by atomic mass is 16.7. The van der Waals surface area contributed by atoms with Crippen molar-refractivity contribution in [2.24, 2.45) is 0 Å². The molecular formula is C30H34N2O5. The van der Waals surface area contributed by atoms with E-state index in [0.717, 1.165) is 41.2 Å². The fourth-order valence-corrected chi connectivity index (χ4v) is 4.05. The molecular weight excluding hydrogens is 468 g/mol. The van der Waals surface area contributed by atoms with Crippen LogP contribution in [0.4, 0.5) is 0 Å². The molecule has 0 radical (unpaired) electrons. The largest absolute Gasteiger partial charge is 0.491 e. The number of nitriles is 1. The highest BCUT2D eigenvalue weighted by Crippen LogP contribution is 2.32. The predicted molar refractivity (Wildman–Crippen MR) is 140 cm³/mol. The lowest BCUT2D eigenvalue weighted by atomic mass is 10.0. The number of hydrogen-bond acceptors (Lipinski definition) is 7. The number of nitrogens with one attached hydrogen (secondary N) is 1. The van der Waals surface area contributed by atoms with Crippen molar-refractivity contribution in [2.45, 2.75) is 45.4 Å². The van der Waals surface area contributed by atoms with Gasteiger partial charge in [-0.15, -0.1) is 0 Å². The van der Waals surface area contributed by atoms with Crippen molar-refractivity contribution in [1.29, 1.82) is 5.26 Å². The highest BCUT2D eigenvalue weighted by Gasteiger charge is 2.27. The first kappa shape index (κ1) is 26.6. The van der Waals surface area contributed by atoms with Crippen molar-refractivity contribution < 1.29 is 24.1 Å². The molecule has 7 nitrogen and oxygen atoms in total. The fraction of sp³-hybridized carbons (Fsp3) is 0.367. The van der Waals surface area contributed by atoms with E-state index in [1.807, 2.05) is 74.5 Å². The number of aliphatic hydroxyl groups is 1. The average Bonchev–Trinajstić information content (AvgIpc) is 2.91. The van der Waals surface area contributed by atoms with Crippen molar-refractivity contribution in [3.8, 4) is 17.6 Å². The summed E-state index contributed by atoms with van der Waals surface area (Å²) < 4.78 is 22.9. The smallest absolute Gasteiger partial charge is 0.205 e. The molecule has 0 bridgehead atoms. The molecule has 2 N–H and O–H groups in total. The first-order valence-electron chi connectivity index (χ1n) is 12.5. The van der Waals surface area contributed by atoms with E-state index in [0.29, 0.717) is 38.5 Å². The van der Waals surface area contributed by atoms with Gasteiger partial charge in [0.1, 0.15) is 18.1 Å². The minimum atomic E-state index is -0.624. The Hall–Kier alpha value is -3.41. The molecule has 0 saturated heterocycles. The minimum Gasteiger partial charge on any atom is -0.491 e. The van der Waals surface area contributed by atoms with Gasteiger partial charge in [-0.1, -0.05) is 30.3 Å². The second-order valence-corrected chi connectivity index (χ2v) is 9.48. The molecule has 0 aromatic heterocycles. The number of benzene rings is 3. The fourth-order valence-electron chi connectivity index (χ4n) is 4.05. The van der Waals surface area contributed by atoms with Gasteiger partial charge in [-0.25, -0.2) is 0 Å². The van der Waals surface area contributed by atoms with Crippen LogP contribution in [-0.2, 0) is 29.1 Å². The Morgan fingerprint density at radius 1 is 1.05 bits per heavy atom. The van der Waals surface area contributed by atoms with E-state index in [-0.39, 0.29) is 0 Å². The second-order valence-electron chi connectivity index (χ2n) is 9.48. The maximum atomic E-state index is 10.6. The van der Waals surface area contributed by atoms with Crippen LogP contribution in [0, 0.1) is 11.3 Å². The van der Waals surface area contributed by atoms with Gasteiger partial charge in [0.05, 0.1) is 37.6 Å². The maximum absolute atomic E-state index is 10.6. The molecule has 0 amide bonds. The van der Waals surface area contributed by atoms with E-state index in [2.05, 4.69) is 11.4 Å². The summed E-state index contributed by atoms with van der Waals surface area (Å²) >= 11 is 0. The van der Waals surface area contributed by atoms with Crippen LogP contribution in [0.25, 0.3) is 0 Å². The van der Waals surface area contributed by atoms with E-state index in [9.17, 15) is 5.11 Å². The number of aliphatic hydroxyl groups excluding tert-OH is 1. The molecule has 0 aliphatic carbocycles. The molecule has 0 spiro atoms. The number of nitrogens with zero attached hydrogens (tertiary/aromatic N) is 1. The normalized spacial score (nSPS) is 14.8. The number of rotatable bonds is 12. The first-order chi connectivity index (χ1) is 17.9. The number of ether oxygens (including phenoxy) is 4. The van der Waals surface area contributed by atoms with E-state index in [4.69, 9.17) is 24.2 Å². The van der Waals surface area contributed by atoms with Crippen molar-refractivity contribution >= 4 is 0 Å². The average molecular weight is 503 g/mol. The summed E-state index contributed by atoms with van der Waals surface area (Å²) in [6.07, 6.45) is 0.243. The Bertz CT molecular complexity index is 1200. The van der Waals surface area contributed by atoms with Crippen LogP contribution in [0.2, 0.25) is 0 Å². The molecule has 3 aromatic rings. The molecule has 0 saturated carbocycles. The molecule has 37 heavy (non-hydrogen) atoms. The zero-order valence-corrected chi connectivity index (χ0v) is 21.4. The van der Waals surface area contributed by atoms with Crippen LogP contribution in [0.1, 0.15) is 47.8 Å². The van der Waals surface area contributed by atoms with E-state index < -0.39 is 11.9 Å². The SMILES string of the molecule is CC1(C)OCc2cc([C@@H](O)CNCCc3ccc(OCCOCc4cccc(C#N)c4)cc3)ccc2O1. The molecule has 1 aliphatic heterocycles. The molecule has 194 valence electrons. The summed E-state index contributed by atoms with van der Waals surface area (Å²) in [6, 6.07) is 23.3. The summed E-state index contributed by atoms with van der Waals surface area (Å²) in [5.41, 5.74) is 4.59. The molecule has 7 heteroatoms. The van der Waals surface area contributed by atoms with Crippen molar-refractivity contribution in [3.63, 3.8) is 0 Å². The molecule has 1 aliphatic rings. The van der Waals surface area contributed by atoms with Gasteiger partial charge in [-0.2, -0.15) is 5.26 Å². The van der Waals surface area contributed by atoms with Gasteiger partial charge in [-0.3, -0.25) is 0 Å². The van der Waals surface area contributed by atoms with Crippen LogP contribution < -0.4 is 14.8 Å². The topological polar surface area (TPSA) is 93.0 Å². The summed E-state index contributed by atoms with van der Waals surface area (Å²) in [6.45, 7) is 6.84. The molecule has 1 atom stereocenters. The van der Waals surface area contributed by atoms with Crippen molar-refractivity contribution in [3.05, 3.63) is 94.5 Å². The molecule has 1 heterocycles. The second kappa shape index (κ2) is 12.7. The predicted octanol–water partition coefficient (Wildman–Crippen LogP) is 4.66. The lowest BCUT2D eigenvalue weighted by molar-refractivity contribution is -0.180. The quantitative estimate of drug-likeness (QED) is 0.348. The van der Waals surface area contributed by atoms with Crippen LogP contribution in [0.3, 0.4) is 0 Å². The summed E-state index contributed by atoms with van der Waals surface area (Å²) in [7, 11) is 0. The first-order valence-corrected chi connectivity index (χ1v) is 12.5. The van der Waals surface area contributed by atoms with E-state index in [1.54, 1.807) is 6.07 Å². The van der Waals surface area contributed by atoms with Gasteiger partial charge in [-0.05, 0) is 66.1 Å². The number of hydrogen-bond donors (Lipinski definition) is 2. The minimum absolute atomic E-state index is 0.452. The van der Waals surface area contributed by atoms with Crippen molar-refractivity contribution in [2.75, 3.05) is 26.3 Å². The van der Waals surface area contributed by atoms with Crippen LogP contribution in [-0.4, -0.2) is 37.2 Å². The van der Waals surface area contributed by atoms with Crippen LogP contribution >= 0.6 is 0 Å². The summed E-state index contributed by atoms with van der Waals surface area (Å²) in [5, 5.41) is 22.9. The Balaban J connectivity index is 1.11. The summed E-state index contributed by atoms with van der Waals surface area (Å²) in [4.78, 5) is 0. The molecule has 3 aromatic carbocycles. The highest BCUT2D eigenvalue weighted by molar-refractivity contribution is 5.39. The van der Waals surface area contributed by atoms with Gasteiger partial charge < -0.3 is 29.4 Å². The molecule has 0 unspecified atom stereocenters. The van der Waals surface area contributed by atoms with Crippen molar-refractivity contribution in [1.82, 2.24) is 5.32 Å². The standard InChI is InChI=1S/C30H34N2O5/c1-30(2)36-21-26-17-25(8-11-29(26)37-30)28(33)19-32-13-12-22-6-9-27(10-7-22)35-15-14-34-20-24-5-3-4-23(16-24)18-31/h3-11,16-17,28,32-33H,12-15,19-21H2,1-2H3/t28-/m0/s1. The van der Waals surface area contributed by atoms with E-state index in [1.165, 1.54) is 5.56 Å². The van der Waals surface area contributed by atoms with Gasteiger partial charge in [0, 0.05) is 26.0 Å². The van der Waals surface area contributed by atoms with Crippen LogP contribution in [0.15, 0.2) is 66.7 Å². The zero-order valence-electron chi connectivity index (χ0n) is 21.4. The monoisotopic (exact) mass is 502 g/mol. The Kier molecular flexibility index (Phi) is 9.15. The van der Waals surface area contributed by atoms with Crippen LogP contribution in [0.5, 0.6) is 11.5 Å². The van der Waals surface area contributed by atoms with E-state index >= 15 is 0 Å². The Morgan fingerprint density at radius 2 is 1.89 bits per heavy atom. The summed E-state index contributed by atoms with van der Waals surface area (Å²) in [5.74, 6) is 0.981. The van der Waals surface area contributed by atoms with Gasteiger partial charge in [0.2, 0.25) is 5.79 Å². The van der Waals surface area contributed by atoms with Gasteiger partial charge in [0.25, 0.3) is 0 Å². The number of fused-ring (bicyclic) bond motifs is 1. The third-order valence-electron chi connectivity index (χ3n) is 6.07. The Morgan fingerprint density at radius 3 is 2.70 bits per heavy atom. The zero-order chi connectivity index (χ0) is 26.1. The molecule has 0 fully saturated rings. The lowest BCUT2D eigenvalue weighted by Crippen LogP contribution is -2.35. The maximum Gasteiger partial charge on any atom is 0.205 e. The third kappa shape index (κ3) is 8.04. The van der Waals surface area contributed by atoms with Gasteiger partial charge in [0.15, 0.2) is 0 Å². The van der Waals surface area contributed by atoms with Gasteiger partial charge >= 0.3 is 0 Å². The molecule has 4 rings (SSSR count).